The van der Waals surface area contributed by atoms with E-state index in [2.05, 4.69) is 15.4 Å². The van der Waals surface area contributed by atoms with Crippen LogP contribution in [0.2, 0.25) is 0 Å². The van der Waals surface area contributed by atoms with Crippen molar-refractivity contribution >= 4 is 5.97 Å². The number of aromatic nitrogens is 4. The Morgan fingerprint density at radius 1 is 1.19 bits per heavy atom. The first-order valence-electron chi connectivity index (χ1n) is 5.89. The Bertz CT molecular complexity index is 630. The standard InChI is InChI=1S/C12H14N4O5/c1-19-8-4-7(5-9(20-2)11(8)21-3)12-13-15-16(14-12)6-10(17)18/h4-5H,6H2,1-3H3,(H,17,18). The van der Waals surface area contributed by atoms with Crippen molar-refractivity contribution in [2.75, 3.05) is 21.3 Å². The number of hydrogen-bond donors (Lipinski definition) is 1. The molecule has 1 aromatic carbocycles. The molecule has 0 atom stereocenters. The van der Waals surface area contributed by atoms with E-state index in [1.165, 1.54) is 21.3 Å². The third kappa shape index (κ3) is 3.02. The lowest BCUT2D eigenvalue weighted by atomic mass is 10.1. The Balaban J connectivity index is 2.44. The Kier molecular flexibility index (Phi) is 4.21. The summed E-state index contributed by atoms with van der Waals surface area (Å²) < 4.78 is 15.7. The molecule has 21 heavy (non-hydrogen) atoms. The molecule has 0 radical (unpaired) electrons. The van der Waals surface area contributed by atoms with Gasteiger partial charge in [0.2, 0.25) is 11.6 Å². The Labute approximate surface area is 120 Å². The van der Waals surface area contributed by atoms with E-state index in [9.17, 15) is 4.79 Å². The van der Waals surface area contributed by atoms with Crippen LogP contribution in [-0.4, -0.2) is 52.6 Å². The quantitative estimate of drug-likeness (QED) is 0.818. The van der Waals surface area contributed by atoms with Gasteiger partial charge in [0.15, 0.2) is 18.0 Å². The third-order valence-corrected chi connectivity index (χ3v) is 2.65. The number of carbonyl (C=O) groups is 1. The number of rotatable bonds is 6. The number of ether oxygens (including phenoxy) is 3. The average molecular weight is 294 g/mol. The summed E-state index contributed by atoms with van der Waals surface area (Å²) in [6, 6.07) is 3.31. The van der Waals surface area contributed by atoms with Crippen LogP contribution in [0.15, 0.2) is 12.1 Å². The molecular formula is C12H14N4O5. The highest BCUT2D eigenvalue weighted by atomic mass is 16.5. The zero-order chi connectivity index (χ0) is 15.4. The maximum atomic E-state index is 10.6. The molecule has 0 aliphatic heterocycles. The molecule has 0 saturated carbocycles. The molecule has 9 heteroatoms. The van der Waals surface area contributed by atoms with Crippen molar-refractivity contribution in [3.63, 3.8) is 0 Å². The van der Waals surface area contributed by atoms with Crippen molar-refractivity contribution in [1.29, 1.82) is 0 Å². The van der Waals surface area contributed by atoms with Gasteiger partial charge < -0.3 is 19.3 Å². The number of benzene rings is 1. The molecule has 0 spiro atoms. The average Bonchev–Trinajstić information content (AvgIpc) is 2.93. The Morgan fingerprint density at radius 2 is 1.81 bits per heavy atom. The number of aliphatic carboxylic acids is 1. The van der Waals surface area contributed by atoms with Crippen molar-refractivity contribution in [2.24, 2.45) is 0 Å². The predicted molar refractivity (Wildman–Crippen MR) is 70.5 cm³/mol. The van der Waals surface area contributed by atoms with Crippen LogP contribution >= 0.6 is 0 Å². The first kappa shape index (κ1) is 14.6. The Morgan fingerprint density at radius 3 is 2.29 bits per heavy atom. The lowest BCUT2D eigenvalue weighted by Gasteiger charge is -2.12. The van der Waals surface area contributed by atoms with E-state index in [0.717, 1.165) is 4.80 Å². The van der Waals surface area contributed by atoms with E-state index < -0.39 is 5.97 Å². The van der Waals surface area contributed by atoms with Gasteiger partial charge in [-0.25, -0.2) is 0 Å². The maximum Gasteiger partial charge on any atom is 0.327 e. The van der Waals surface area contributed by atoms with Crippen molar-refractivity contribution in [3.05, 3.63) is 12.1 Å². The monoisotopic (exact) mass is 294 g/mol. The van der Waals surface area contributed by atoms with Gasteiger partial charge in [0.25, 0.3) is 0 Å². The summed E-state index contributed by atoms with van der Waals surface area (Å²) in [6.07, 6.45) is 0. The van der Waals surface area contributed by atoms with Crippen LogP contribution in [0.3, 0.4) is 0 Å². The van der Waals surface area contributed by atoms with Gasteiger partial charge in [-0.3, -0.25) is 4.79 Å². The van der Waals surface area contributed by atoms with E-state index in [0.29, 0.717) is 22.8 Å². The van der Waals surface area contributed by atoms with Crippen LogP contribution in [0, 0.1) is 0 Å². The van der Waals surface area contributed by atoms with Crippen molar-refractivity contribution in [1.82, 2.24) is 20.2 Å². The van der Waals surface area contributed by atoms with E-state index in [1.54, 1.807) is 12.1 Å². The van der Waals surface area contributed by atoms with Gasteiger partial charge in [0.05, 0.1) is 21.3 Å². The minimum absolute atomic E-state index is 0.260. The molecule has 0 saturated heterocycles. The number of carboxylic acid groups (broad SMARTS) is 1. The Hall–Kier alpha value is -2.84. The first-order valence-corrected chi connectivity index (χ1v) is 5.89. The highest BCUT2D eigenvalue weighted by Gasteiger charge is 2.17. The fraction of sp³-hybridized carbons (Fsp3) is 0.333. The van der Waals surface area contributed by atoms with Crippen molar-refractivity contribution in [2.45, 2.75) is 6.54 Å². The molecule has 0 fully saturated rings. The zero-order valence-corrected chi connectivity index (χ0v) is 11.7. The second-order valence-corrected chi connectivity index (χ2v) is 3.95. The summed E-state index contributed by atoms with van der Waals surface area (Å²) >= 11 is 0. The van der Waals surface area contributed by atoms with Gasteiger partial charge in [0, 0.05) is 5.56 Å². The van der Waals surface area contributed by atoms with Gasteiger partial charge in [-0.2, -0.15) is 4.80 Å². The molecule has 0 aliphatic carbocycles. The molecule has 0 aliphatic rings. The fourth-order valence-corrected chi connectivity index (χ4v) is 1.76. The minimum atomic E-state index is -1.05. The molecule has 1 aromatic heterocycles. The second kappa shape index (κ2) is 6.07. The SMILES string of the molecule is COc1cc(-c2nnn(CC(=O)O)n2)cc(OC)c1OC. The van der Waals surface area contributed by atoms with Crippen LogP contribution in [0.1, 0.15) is 0 Å². The number of hydrogen-bond acceptors (Lipinski definition) is 7. The molecule has 1 heterocycles. The third-order valence-electron chi connectivity index (χ3n) is 2.65. The largest absolute Gasteiger partial charge is 0.493 e. The zero-order valence-electron chi connectivity index (χ0n) is 11.7. The predicted octanol–water partition coefficient (Wildman–Crippen LogP) is 0.450. The summed E-state index contributed by atoms with van der Waals surface area (Å²) in [5, 5.41) is 20.2. The molecule has 2 aromatic rings. The van der Waals surface area contributed by atoms with Crippen LogP contribution in [0.4, 0.5) is 0 Å². The minimum Gasteiger partial charge on any atom is -0.493 e. The molecule has 9 nitrogen and oxygen atoms in total. The lowest BCUT2D eigenvalue weighted by molar-refractivity contribution is -0.138. The van der Waals surface area contributed by atoms with Gasteiger partial charge in [0.1, 0.15) is 0 Å². The van der Waals surface area contributed by atoms with Crippen LogP contribution in [-0.2, 0) is 11.3 Å². The highest BCUT2D eigenvalue weighted by Crippen LogP contribution is 2.40. The maximum absolute atomic E-state index is 10.6. The molecule has 0 bridgehead atoms. The fourth-order valence-electron chi connectivity index (χ4n) is 1.76. The topological polar surface area (TPSA) is 109 Å². The summed E-state index contributed by atoms with van der Waals surface area (Å²) in [5.41, 5.74) is 0.570. The summed E-state index contributed by atoms with van der Waals surface area (Å²) in [6.45, 7) is -0.364. The van der Waals surface area contributed by atoms with Crippen LogP contribution in [0.5, 0.6) is 17.2 Å². The van der Waals surface area contributed by atoms with E-state index in [1.807, 2.05) is 0 Å². The number of nitrogens with zero attached hydrogens (tertiary/aromatic N) is 4. The molecule has 0 unspecified atom stereocenters. The number of methoxy groups -OCH3 is 3. The first-order chi connectivity index (χ1) is 10.1. The van der Waals surface area contributed by atoms with Gasteiger partial charge in [-0.15, -0.1) is 10.2 Å². The van der Waals surface area contributed by atoms with Gasteiger partial charge >= 0.3 is 5.97 Å². The van der Waals surface area contributed by atoms with Crippen LogP contribution < -0.4 is 14.2 Å². The van der Waals surface area contributed by atoms with Gasteiger partial charge in [-0.05, 0) is 17.3 Å². The molecule has 0 amide bonds. The van der Waals surface area contributed by atoms with Gasteiger partial charge in [-0.1, -0.05) is 0 Å². The van der Waals surface area contributed by atoms with Crippen molar-refractivity contribution < 1.29 is 24.1 Å². The number of tetrazole rings is 1. The van der Waals surface area contributed by atoms with E-state index >= 15 is 0 Å². The smallest absolute Gasteiger partial charge is 0.327 e. The summed E-state index contributed by atoms with van der Waals surface area (Å²) in [7, 11) is 4.49. The molecule has 1 N–H and O–H groups in total. The molecule has 2 rings (SSSR count). The highest BCUT2D eigenvalue weighted by molar-refractivity contribution is 5.67. The molecule has 112 valence electrons. The van der Waals surface area contributed by atoms with Crippen LogP contribution in [0.25, 0.3) is 11.4 Å². The normalized spacial score (nSPS) is 10.2. The second-order valence-electron chi connectivity index (χ2n) is 3.95. The van der Waals surface area contributed by atoms with E-state index in [4.69, 9.17) is 19.3 Å². The summed E-state index contributed by atoms with van der Waals surface area (Å²) in [4.78, 5) is 11.6. The lowest BCUT2D eigenvalue weighted by Crippen LogP contribution is -2.11. The number of carboxylic acids is 1. The van der Waals surface area contributed by atoms with E-state index in [-0.39, 0.29) is 12.4 Å². The summed E-state index contributed by atoms with van der Waals surface area (Å²) in [5.74, 6) is 0.545. The molecular weight excluding hydrogens is 280 g/mol. The van der Waals surface area contributed by atoms with Crippen molar-refractivity contribution in [3.8, 4) is 28.6 Å².